The van der Waals surface area contributed by atoms with Gasteiger partial charge in [0.25, 0.3) is 0 Å². The predicted molar refractivity (Wildman–Crippen MR) is 159 cm³/mol. The maximum absolute atomic E-state index is 12.7. The number of hydrogen-bond donors (Lipinski definition) is 2. The average Bonchev–Trinajstić information content (AvgIpc) is 3.23. The van der Waals surface area contributed by atoms with Crippen molar-refractivity contribution in [3.05, 3.63) is 57.6 Å². The topological polar surface area (TPSA) is 115 Å². The smallest absolute Gasteiger partial charge is 0.407 e. The van der Waals surface area contributed by atoms with Gasteiger partial charge in [-0.25, -0.2) is 17.9 Å². The van der Waals surface area contributed by atoms with E-state index in [-0.39, 0.29) is 36.8 Å². The molecule has 0 unspecified atom stereocenters. The van der Waals surface area contributed by atoms with Gasteiger partial charge in [0.05, 0.1) is 37.4 Å². The van der Waals surface area contributed by atoms with Crippen LogP contribution in [0.4, 0.5) is 4.79 Å². The molecule has 0 fully saturated rings. The van der Waals surface area contributed by atoms with Crippen LogP contribution < -0.4 is 14.8 Å². The van der Waals surface area contributed by atoms with Crippen molar-refractivity contribution in [1.29, 1.82) is 0 Å². The van der Waals surface area contributed by atoms with E-state index < -0.39 is 21.7 Å². The van der Waals surface area contributed by atoms with E-state index in [9.17, 15) is 13.2 Å². The molecule has 2 aromatic rings. The van der Waals surface area contributed by atoms with Crippen molar-refractivity contribution in [2.24, 2.45) is 0 Å². The molecule has 1 aliphatic carbocycles. The summed E-state index contributed by atoms with van der Waals surface area (Å²) < 4.78 is 50.2. The highest BCUT2D eigenvalue weighted by Crippen LogP contribution is 2.42. The summed E-state index contributed by atoms with van der Waals surface area (Å²) in [7, 11) is 0.232. The van der Waals surface area contributed by atoms with Gasteiger partial charge in [0.15, 0.2) is 0 Å². The monoisotopic (exact) mass is 631 g/mol. The third-order valence-electron chi connectivity index (χ3n) is 6.15. The number of amides is 1. The van der Waals surface area contributed by atoms with E-state index >= 15 is 0 Å². The molecular weight excluding hydrogens is 593 g/mol. The molecule has 0 radical (unpaired) electrons. The van der Waals surface area contributed by atoms with Crippen LogP contribution in [0.3, 0.4) is 0 Å². The molecule has 228 valence electrons. The zero-order valence-electron chi connectivity index (χ0n) is 24.0. The lowest BCUT2D eigenvalue weighted by Crippen LogP contribution is -2.34. The van der Waals surface area contributed by atoms with Crippen molar-refractivity contribution in [2.75, 3.05) is 53.6 Å². The van der Waals surface area contributed by atoms with Crippen LogP contribution in [0.5, 0.6) is 5.75 Å². The molecule has 0 bridgehead atoms. The molecule has 0 spiro atoms. The molecule has 10 nitrogen and oxygen atoms in total. The first-order valence-electron chi connectivity index (χ1n) is 13.3. The number of benzene rings is 2. The second-order valence-corrected chi connectivity index (χ2v) is 13.4. The van der Waals surface area contributed by atoms with Crippen LogP contribution in [0.2, 0.25) is 10.0 Å². The summed E-state index contributed by atoms with van der Waals surface area (Å²) in [5, 5.41) is 3.75. The molecule has 0 aliphatic heterocycles. The molecule has 2 aromatic carbocycles. The van der Waals surface area contributed by atoms with E-state index in [0.717, 1.165) is 17.5 Å². The Morgan fingerprint density at radius 2 is 1.63 bits per heavy atom. The zero-order chi connectivity index (χ0) is 30.2. The molecule has 3 rings (SSSR count). The van der Waals surface area contributed by atoms with Crippen molar-refractivity contribution in [2.45, 2.75) is 49.8 Å². The van der Waals surface area contributed by atoms with Crippen LogP contribution in [-0.2, 0) is 30.7 Å². The highest BCUT2D eigenvalue weighted by atomic mass is 35.5. The van der Waals surface area contributed by atoms with Gasteiger partial charge in [-0.3, -0.25) is 0 Å². The molecule has 1 aliphatic rings. The van der Waals surface area contributed by atoms with Gasteiger partial charge in [0.2, 0.25) is 10.0 Å². The van der Waals surface area contributed by atoms with Gasteiger partial charge in [0.1, 0.15) is 17.5 Å². The van der Waals surface area contributed by atoms with Gasteiger partial charge >= 0.3 is 6.09 Å². The first kappa shape index (κ1) is 33.4. The van der Waals surface area contributed by atoms with Crippen LogP contribution >= 0.6 is 23.2 Å². The quantitative estimate of drug-likeness (QED) is 0.294. The van der Waals surface area contributed by atoms with Gasteiger partial charge in [0, 0.05) is 28.7 Å². The Labute approximate surface area is 252 Å². The van der Waals surface area contributed by atoms with E-state index in [1.165, 1.54) is 12.1 Å². The van der Waals surface area contributed by atoms with Crippen LogP contribution in [0.25, 0.3) is 0 Å². The van der Waals surface area contributed by atoms with Gasteiger partial charge in [-0.2, -0.15) is 0 Å². The largest absolute Gasteiger partial charge is 0.484 e. The first-order chi connectivity index (χ1) is 19.3. The lowest BCUT2D eigenvalue weighted by Gasteiger charge is -2.27. The third-order valence-corrected chi connectivity index (χ3v) is 8.18. The lowest BCUT2D eigenvalue weighted by atomic mass is 10.1. The molecule has 2 atom stereocenters. The Morgan fingerprint density at radius 1 is 1.00 bits per heavy atom. The summed E-state index contributed by atoms with van der Waals surface area (Å²) in [4.78, 5) is 13.7. The number of rotatable bonds is 14. The number of nitrogens with zero attached hydrogens (tertiary/aromatic N) is 1. The number of alkyl carbamates (subject to hydrolysis) is 1. The van der Waals surface area contributed by atoms with Crippen molar-refractivity contribution in [3.8, 4) is 5.75 Å². The standard InChI is InChI=1S/C28H39Cl2N3O7S/c1-28(2,3)40-27(34)31-10-12-37-14-15-38-13-11-32-41(35,36)21-8-6-20(7-9-21)39-26-23-16-19(29)17-24(30)22(23)18-25(26)33(4)5/h6-9,16-17,25-26,32H,10-15,18H2,1-5H3,(H,31,34)/t25-,26+/m1/s1. The maximum atomic E-state index is 12.7. The van der Waals surface area contributed by atoms with E-state index in [1.807, 2.05) is 20.2 Å². The van der Waals surface area contributed by atoms with Crippen molar-refractivity contribution < 1.29 is 32.2 Å². The molecule has 13 heteroatoms. The van der Waals surface area contributed by atoms with E-state index in [2.05, 4.69) is 14.9 Å². The minimum atomic E-state index is -3.73. The third kappa shape index (κ3) is 10.3. The Hall–Kier alpha value is -2.12. The summed E-state index contributed by atoms with van der Waals surface area (Å²) in [5.41, 5.74) is 1.39. The number of nitrogens with one attached hydrogen (secondary N) is 2. The normalized spacial score (nSPS) is 17.0. The van der Waals surface area contributed by atoms with Gasteiger partial charge in [-0.15, -0.1) is 0 Å². The molecule has 0 saturated heterocycles. The lowest BCUT2D eigenvalue weighted by molar-refractivity contribution is 0.0408. The zero-order valence-corrected chi connectivity index (χ0v) is 26.4. The number of carbonyl (C=O) groups is 1. The summed E-state index contributed by atoms with van der Waals surface area (Å²) >= 11 is 12.7. The second kappa shape index (κ2) is 14.9. The number of hydrogen-bond acceptors (Lipinski definition) is 8. The van der Waals surface area contributed by atoms with Crippen LogP contribution in [0.1, 0.15) is 38.0 Å². The summed E-state index contributed by atoms with van der Waals surface area (Å²) in [5.74, 6) is 0.536. The number of sulfonamides is 1. The average molecular weight is 633 g/mol. The summed E-state index contributed by atoms with van der Waals surface area (Å²) in [6.45, 7) is 6.86. The van der Waals surface area contributed by atoms with E-state index in [1.54, 1.807) is 39.0 Å². The van der Waals surface area contributed by atoms with Gasteiger partial charge in [-0.05, 0) is 83.2 Å². The maximum Gasteiger partial charge on any atom is 0.407 e. The highest BCUT2D eigenvalue weighted by molar-refractivity contribution is 7.89. The van der Waals surface area contributed by atoms with E-state index in [4.69, 9.17) is 42.1 Å². The fourth-order valence-corrected chi connectivity index (χ4v) is 5.85. The Morgan fingerprint density at radius 3 is 2.24 bits per heavy atom. The van der Waals surface area contributed by atoms with Crippen molar-refractivity contribution >= 4 is 39.3 Å². The van der Waals surface area contributed by atoms with Gasteiger partial charge < -0.3 is 29.2 Å². The SMILES string of the molecule is CN(C)[C@@H]1Cc2c(Cl)cc(Cl)cc2[C@@H]1Oc1ccc(S(=O)(=O)NCCOCCOCCNC(=O)OC(C)(C)C)cc1. The minimum Gasteiger partial charge on any atom is -0.484 e. The van der Waals surface area contributed by atoms with Gasteiger partial charge in [-0.1, -0.05) is 23.2 Å². The number of fused-ring (bicyclic) bond motifs is 1. The van der Waals surface area contributed by atoms with Crippen LogP contribution in [0.15, 0.2) is 41.3 Å². The number of likely N-dealkylation sites (N-methyl/N-ethyl adjacent to an activating group) is 1. The molecule has 0 heterocycles. The molecule has 1 amide bonds. The molecule has 41 heavy (non-hydrogen) atoms. The fourth-order valence-electron chi connectivity index (χ4n) is 4.25. The minimum absolute atomic E-state index is 0.0466. The summed E-state index contributed by atoms with van der Waals surface area (Å²) in [6.07, 6.45) is -0.0852. The fraction of sp³-hybridized carbons (Fsp3) is 0.536. The Balaban J connectivity index is 1.40. The molecular formula is C28H39Cl2N3O7S. The summed E-state index contributed by atoms with van der Waals surface area (Å²) in [6, 6.07) is 9.93. The first-order valence-corrected chi connectivity index (χ1v) is 15.5. The predicted octanol–water partition coefficient (Wildman–Crippen LogP) is 4.44. The molecule has 0 aromatic heterocycles. The Bertz CT molecular complexity index is 1270. The second-order valence-electron chi connectivity index (χ2n) is 10.8. The van der Waals surface area contributed by atoms with Crippen molar-refractivity contribution in [1.82, 2.24) is 14.9 Å². The Kier molecular flexibility index (Phi) is 12.1. The van der Waals surface area contributed by atoms with Crippen molar-refractivity contribution in [3.63, 3.8) is 0 Å². The molecule has 2 N–H and O–H groups in total. The van der Waals surface area contributed by atoms with Crippen LogP contribution in [0, 0.1) is 0 Å². The number of ether oxygens (including phenoxy) is 4. The number of carbonyl (C=O) groups excluding carboxylic acids is 1. The van der Waals surface area contributed by atoms with Crippen LogP contribution in [-0.4, -0.2) is 84.7 Å². The highest BCUT2D eigenvalue weighted by Gasteiger charge is 2.37. The molecule has 0 saturated carbocycles. The van der Waals surface area contributed by atoms with E-state index in [0.29, 0.717) is 35.6 Å². The number of halogens is 2.